The normalized spacial score (nSPS) is 12.9. The van der Waals surface area contributed by atoms with Gasteiger partial charge in [0.15, 0.2) is 0 Å². The number of furan rings is 1. The molecule has 0 spiro atoms. The molecular weight excluding hydrogens is 1060 g/mol. The van der Waals surface area contributed by atoms with Crippen LogP contribution in [0.5, 0.6) is 0 Å². The highest BCUT2D eigenvalue weighted by molar-refractivity contribution is 7.26. The minimum absolute atomic E-state index is 0.0320. The number of thiophene rings is 1. The highest BCUT2D eigenvalue weighted by Crippen LogP contribution is 2.56. The van der Waals surface area contributed by atoms with Gasteiger partial charge in [-0.05, 0) is 152 Å². The van der Waals surface area contributed by atoms with Crippen LogP contribution < -0.4 is 25.5 Å². The fourth-order valence-electron chi connectivity index (χ4n) is 13.6. The van der Waals surface area contributed by atoms with Gasteiger partial charge in [0.1, 0.15) is 11.2 Å². The van der Waals surface area contributed by atoms with Gasteiger partial charge in [-0.1, -0.05) is 217 Å². The monoisotopic (exact) mass is 1120 g/mol. The second-order valence-corrected chi connectivity index (χ2v) is 26.3. The molecule has 0 amide bonds. The third kappa shape index (κ3) is 8.41. The first-order valence-corrected chi connectivity index (χ1v) is 30.8. The molecule has 2 aliphatic rings. The van der Waals surface area contributed by atoms with Crippen molar-refractivity contribution in [2.45, 2.75) is 52.4 Å². The SMILES string of the molecule is CC(C)(C)c1ccc(N2B3c4ccc(N(c5ccc(-c6ccccc6)cc5)c5ccc(-c6ccccc6)cc5)cc4N(c4ccc(C(C)(C)C)cc4-c4ccccc4)c4cc5c(oc6ccccc65)c(c43)-c3c2ccc2sc4ccccc4c32)cc1. The van der Waals surface area contributed by atoms with E-state index in [-0.39, 0.29) is 17.7 Å². The summed E-state index contributed by atoms with van der Waals surface area (Å²) in [5, 5.41) is 4.70. The van der Waals surface area contributed by atoms with E-state index in [0.29, 0.717) is 0 Å². The lowest BCUT2D eigenvalue weighted by Crippen LogP contribution is -2.61. The Labute approximate surface area is 507 Å². The molecule has 412 valence electrons. The van der Waals surface area contributed by atoms with E-state index in [4.69, 9.17) is 4.42 Å². The molecule has 2 aromatic heterocycles. The Bertz CT molecular complexity index is 4860. The number of rotatable bonds is 8. The van der Waals surface area contributed by atoms with Gasteiger partial charge in [-0.15, -0.1) is 11.3 Å². The molecule has 14 aromatic rings. The van der Waals surface area contributed by atoms with Gasteiger partial charge < -0.3 is 19.0 Å². The Morgan fingerprint density at radius 2 is 0.942 bits per heavy atom. The van der Waals surface area contributed by atoms with Crippen molar-refractivity contribution in [1.82, 2.24) is 0 Å². The van der Waals surface area contributed by atoms with Crippen molar-refractivity contribution in [1.29, 1.82) is 0 Å². The maximum absolute atomic E-state index is 7.37. The Kier molecular flexibility index (Phi) is 12.0. The second-order valence-electron chi connectivity index (χ2n) is 25.2. The molecule has 0 saturated carbocycles. The van der Waals surface area contributed by atoms with Crippen LogP contribution >= 0.6 is 11.3 Å². The quantitative estimate of drug-likeness (QED) is 0.141. The molecule has 12 aromatic carbocycles. The van der Waals surface area contributed by atoms with Crippen LogP contribution in [0.3, 0.4) is 0 Å². The fraction of sp³-hybridized carbons (Fsp3) is 0.100. The van der Waals surface area contributed by atoms with Crippen molar-refractivity contribution in [2.24, 2.45) is 0 Å². The van der Waals surface area contributed by atoms with Crippen LogP contribution in [-0.2, 0) is 10.8 Å². The maximum atomic E-state index is 7.37. The lowest BCUT2D eigenvalue weighted by atomic mass is 9.43. The van der Waals surface area contributed by atoms with E-state index in [2.05, 4.69) is 323 Å². The van der Waals surface area contributed by atoms with Crippen LogP contribution in [0.4, 0.5) is 45.5 Å². The van der Waals surface area contributed by atoms with E-state index < -0.39 is 0 Å². The van der Waals surface area contributed by atoms with Crippen LogP contribution in [0.1, 0.15) is 52.7 Å². The van der Waals surface area contributed by atoms with Crippen molar-refractivity contribution < 1.29 is 4.42 Å². The zero-order valence-electron chi connectivity index (χ0n) is 49.1. The van der Waals surface area contributed by atoms with Gasteiger partial charge in [-0.3, -0.25) is 0 Å². The van der Waals surface area contributed by atoms with Crippen LogP contribution in [0.25, 0.3) is 86.6 Å². The number of benzene rings is 12. The summed E-state index contributed by atoms with van der Waals surface area (Å²) in [6, 6.07) is 99.3. The molecule has 16 rings (SSSR count). The third-order valence-electron chi connectivity index (χ3n) is 18.0. The summed E-state index contributed by atoms with van der Waals surface area (Å²) in [5.41, 5.74) is 24.8. The van der Waals surface area contributed by atoms with Crippen LogP contribution in [-0.4, -0.2) is 6.85 Å². The molecule has 0 radical (unpaired) electrons. The van der Waals surface area contributed by atoms with Gasteiger partial charge in [0, 0.05) is 87.4 Å². The number of para-hydroxylation sites is 1. The summed E-state index contributed by atoms with van der Waals surface area (Å²) in [6.45, 7) is 13.6. The third-order valence-corrected chi connectivity index (χ3v) is 19.1. The van der Waals surface area contributed by atoms with Crippen LogP contribution in [0.2, 0.25) is 0 Å². The molecule has 4 heterocycles. The Morgan fingerprint density at radius 1 is 0.395 bits per heavy atom. The van der Waals surface area contributed by atoms with Crippen molar-refractivity contribution in [3.8, 4) is 44.5 Å². The predicted octanol–water partition coefficient (Wildman–Crippen LogP) is 21.7. The smallest absolute Gasteiger partial charge is 0.333 e. The van der Waals surface area contributed by atoms with Crippen molar-refractivity contribution in [2.75, 3.05) is 14.6 Å². The molecule has 0 fully saturated rings. The highest BCUT2D eigenvalue weighted by atomic mass is 32.1. The van der Waals surface area contributed by atoms with Crippen molar-refractivity contribution in [3.63, 3.8) is 0 Å². The predicted molar refractivity (Wildman–Crippen MR) is 369 cm³/mol. The van der Waals surface area contributed by atoms with Crippen LogP contribution in [0, 0.1) is 0 Å². The molecule has 0 saturated heterocycles. The second kappa shape index (κ2) is 19.9. The Hall–Kier alpha value is -9.88. The summed E-state index contributed by atoms with van der Waals surface area (Å²) in [5.74, 6) is 0. The largest absolute Gasteiger partial charge is 0.455 e. The van der Waals surface area contributed by atoms with E-state index in [0.717, 1.165) is 78.6 Å². The zero-order chi connectivity index (χ0) is 58.0. The molecule has 0 bridgehead atoms. The molecule has 0 unspecified atom stereocenters. The van der Waals surface area contributed by atoms with Gasteiger partial charge in [0.05, 0.1) is 5.69 Å². The number of anilines is 8. The Morgan fingerprint density at radius 3 is 1.58 bits per heavy atom. The van der Waals surface area contributed by atoms with Crippen molar-refractivity contribution in [3.05, 3.63) is 278 Å². The summed E-state index contributed by atoms with van der Waals surface area (Å²) in [4.78, 5) is 7.72. The molecular formula is C80H62BN3OS. The first kappa shape index (κ1) is 51.7. The van der Waals surface area contributed by atoms with Crippen LogP contribution in [0.15, 0.2) is 271 Å². The topological polar surface area (TPSA) is 22.9 Å². The van der Waals surface area contributed by atoms with E-state index >= 15 is 0 Å². The summed E-state index contributed by atoms with van der Waals surface area (Å²) in [7, 11) is 0. The average Bonchev–Trinajstić information content (AvgIpc) is 1.15. The lowest BCUT2D eigenvalue weighted by molar-refractivity contribution is 0.590. The van der Waals surface area contributed by atoms with E-state index in [1.165, 1.54) is 75.6 Å². The number of hydrogen-bond donors (Lipinski definition) is 0. The van der Waals surface area contributed by atoms with Gasteiger partial charge in [0.25, 0.3) is 0 Å². The number of hydrogen-bond acceptors (Lipinski definition) is 5. The summed E-state index contributed by atoms with van der Waals surface area (Å²) >= 11 is 1.87. The van der Waals surface area contributed by atoms with E-state index in [1.54, 1.807) is 0 Å². The minimum atomic E-state index is -0.286. The molecule has 0 N–H and O–H groups in total. The molecule has 4 nitrogen and oxygen atoms in total. The fourth-order valence-corrected chi connectivity index (χ4v) is 14.8. The van der Waals surface area contributed by atoms with Gasteiger partial charge in [-0.2, -0.15) is 0 Å². The Balaban J connectivity index is 1.03. The average molecular weight is 1120 g/mol. The molecule has 2 aliphatic heterocycles. The van der Waals surface area contributed by atoms with Gasteiger partial charge >= 0.3 is 6.85 Å². The molecule has 86 heavy (non-hydrogen) atoms. The van der Waals surface area contributed by atoms with E-state index in [1.807, 2.05) is 11.3 Å². The lowest BCUT2D eigenvalue weighted by Gasteiger charge is -2.46. The first-order valence-electron chi connectivity index (χ1n) is 30.0. The van der Waals surface area contributed by atoms with Gasteiger partial charge in [-0.25, -0.2) is 0 Å². The molecule has 0 aliphatic carbocycles. The van der Waals surface area contributed by atoms with Crippen molar-refractivity contribution >= 4 is 117 Å². The molecule has 0 atom stereocenters. The number of fused-ring (bicyclic) bond motifs is 12. The first-order chi connectivity index (χ1) is 41.9. The minimum Gasteiger partial charge on any atom is -0.455 e. The number of nitrogens with zero attached hydrogens (tertiary/aromatic N) is 3. The maximum Gasteiger partial charge on any atom is 0.333 e. The summed E-state index contributed by atoms with van der Waals surface area (Å²) in [6.07, 6.45) is 0. The van der Waals surface area contributed by atoms with Gasteiger partial charge in [0.2, 0.25) is 0 Å². The standard InChI is InChI=1S/C80H62BN3OS/c1-79(2,3)56-34-41-60(42-35-56)84-68-46-47-73-74(63-27-17-19-29-72(63)86-73)75(68)76-77-70(50-65-62-26-16-18-28-71(62)85-78(65)76)83(67-45-36-57(80(4,5)6)48-64(67)55-24-14-9-15-25-55)69-49-61(43-44-66(69)81(77)84)82(58-37-30-53(31-38-58)51-20-10-7-11-21-51)59-39-32-54(33-40-59)52-22-12-8-13-23-52/h7-50H,1-6H3. The molecule has 6 heteroatoms. The zero-order valence-corrected chi connectivity index (χ0v) is 50.0. The highest BCUT2D eigenvalue weighted by Gasteiger charge is 2.48. The summed E-state index contributed by atoms with van der Waals surface area (Å²) < 4.78 is 9.89. The van der Waals surface area contributed by atoms with E-state index in [9.17, 15) is 0 Å².